The number of thioether (sulfide) groups is 1. The Morgan fingerprint density at radius 2 is 2.41 bits per heavy atom. The Balaban J connectivity index is 2.06. The first-order valence-electron chi connectivity index (χ1n) is 6.28. The molecule has 1 aliphatic heterocycles. The van der Waals surface area contributed by atoms with E-state index in [0.29, 0.717) is 5.25 Å². The summed E-state index contributed by atoms with van der Waals surface area (Å²) in [5.74, 6) is 1.21. The Bertz CT molecular complexity index is 352. The van der Waals surface area contributed by atoms with Crippen LogP contribution >= 0.6 is 11.8 Å². The second-order valence-corrected chi connectivity index (χ2v) is 6.13. The van der Waals surface area contributed by atoms with Crippen LogP contribution < -0.4 is 10.6 Å². The Hall–Kier alpha value is -0.740. The molecule has 0 aliphatic carbocycles. The van der Waals surface area contributed by atoms with E-state index < -0.39 is 0 Å². The lowest BCUT2D eigenvalue weighted by atomic mass is 10.1. The molecule has 2 rings (SSSR count). The van der Waals surface area contributed by atoms with Crippen molar-refractivity contribution in [3.63, 3.8) is 0 Å². The van der Waals surface area contributed by atoms with Crippen LogP contribution in [0.25, 0.3) is 0 Å². The summed E-state index contributed by atoms with van der Waals surface area (Å²) in [6, 6.07) is 4.29. The molecule has 1 aromatic rings. The zero-order valence-corrected chi connectivity index (χ0v) is 11.4. The summed E-state index contributed by atoms with van der Waals surface area (Å²) in [7, 11) is 0. The maximum atomic E-state index is 5.97. The summed E-state index contributed by atoms with van der Waals surface area (Å²) >= 11 is 2.05. The van der Waals surface area contributed by atoms with Gasteiger partial charge in [0.15, 0.2) is 0 Å². The Morgan fingerprint density at radius 1 is 1.59 bits per heavy atom. The Morgan fingerprint density at radius 3 is 3.00 bits per heavy atom. The van der Waals surface area contributed by atoms with Gasteiger partial charge >= 0.3 is 0 Å². The van der Waals surface area contributed by atoms with E-state index in [1.54, 1.807) is 0 Å². The van der Waals surface area contributed by atoms with Gasteiger partial charge in [0.1, 0.15) is 0 Å². The van der Waals surface area contributed by atoms with Gasteiger partial charge < -0.3 is 10.6 Å². The number of hydrogen-bond acceptors (Lipinski definition) is 4. The molecule has 1 saturated heterocycles. The van der Waals surface area contributed by atoms with Gasteiger partial charge in [-0.2, -0.15) is 11.8 Å². The van der Waals surface area contributed by atoms with Crippen molar-refractivity contribution in [1.82, 2.24) is 4.98 Å². The molecule has 1 fully saturated rings. The fraction of sp³-hybridized carbons (Fsp3) is 0.615. The first-order chi connectivity index (χ1) is 8.20. The predicted molar refractivity (Wildman–Crippen MR) is 75.6 cm³/mol. The highest BCUT2D eigenvalue weighted by atomic mass is 32.2. The average molecular weight is 251 g/mol. The molecule has 94 valence electrons. The molecule has 2 heterocycles. The van der Waals surface area contributed by atoms with Gasteiger partial charge in [-0.1, -0.05) is 13.8 Å². The maximum absolute atomic E-state index is 5.97. The van der Waals surface area contributed by atoms with E-state index in [1.807, 2.05) is 18.0 Å². The quantitative estimate of drug-likeness (QED) is 0.896. The number of hydrogen-bond donors (Lipinski definition) is 1. The molecule has 0 amide bonds. The van der Waals surface area contributed by atoms with Crippen molar-refractivity contribution >= 4 is 17.4 Å². The first kappa shape index (κ1) is 12.7. The highest BCUT2D eigenvalue weighted by molar-refractivity contribution is 8.00. The largest absolute Gasteiger partial charge is 0.368 e. The van der Waals surface area contributed by atoms with Crippen LogP contribution in [0.5, 0.6) is 0 Å². The van der Waals surface area contributed by atoms with Crippen molar-refractivity contribution in [1.29, 1.82) is 0 Å². The van der Waals surface area contributed by atoms with Gasteiger partial charge in [0.05, 0.1) is 17.6 Å². The molecule has 0 spiro atoms. The van der Waals surface area contributed by atoms with Crippen molar-refractivity contribution in [2.24, 2.45) is 5.73 Å². The van der Waals surface area contributed by atoms with Crippen LogP contribution in [-0.2, 0) is 0 Å². The molecule has 4 heteroatoms. The molecule has 0 radical (unpaired) electrons. The molecule has 0 saturated carbocycles. The van der Waals surface area contributed by atoms with Crippen LogP contribution in [0.4, 0.5) is 5.69 Å². The summed E-state index contributed by atoms with van der Waals surface area (Å²) < 4.78 is 0. The molecule has 17 heavy (non-hydrogen) atoms. The minimum atomic E-state index is 0.0693. The van der Waals surface area contributed by atoms with Crippen molar-refractivity contribution in [3.05, 3.63) is 24.0 Å². The normalized spacial score (nSPS) is 22.5. The molecular weight excluding hydrogens is 230 g/mol. The fourth-order valence-electron chi connectivity index (χ4n) is 2.07. The number of anilines is 1. The Kier molecular flexibility index (Phi) is 4.29. The molecule has 0 bridgehead atoms. The van der Waals surface area contributed by atoms with Crippen LogP contribution in [0.15, 0.2) is 18.3 Å². The van der Waals surface area contributed by atoms with Gasteiger partial charge in [0, 0.05) is 30.1 Å². The third-order valence-electron chi connectivity index (χ3n) is 3.20. The summed E-state index contributed by atoms with van der Waals surface area (Å²) in [5, 5.41) is 0.710. The third kappa shape index (κ3) is 3.13. The second kappa shape index (κ2) is 5.74. The lowest BCUT2D eigenvalue weighted by Gasteiger charge is -2.32. The van der Waals surface area contributed by atoms with Crippen molar-refractivity contribution < 1.29 is 0 Å². The zero-order chi connectivity index (χ0) is 12.3. The number of nitrogens with zero attached hydrogens (tertiary/aromatic N) is 2. The van der Waals surface area contributed by atoms with Gasteiger partial charge in [-0.05, 0) is 18.6 Å². The molecule has 1 aliphatic rings. The van der Waals surface area contributed by atoms with E-state index in [1.165, 1.54) is 11.4 Å². The van der Waals surface area contributed by atoms with E-state index in [0.717, 1.165) is 25.2 Å². The SMILES string of the molecule is CC[C@@H](N)c1ccc(N2CCSC(C)C2)cn1. The zero-order valence-electron chi connectivity index (χ0n) is 10.6. The van der Waals surface area contributed by atoms with E-state index in [2.05, 4.69) is 35.9 Å². The minimum absolute atomic E-state index is 0.0693. The summed E-state index contributed by atoms with van der Waals surface area (Å²) in [5.41, 5.74) is 8.19. The van der Waals surface area contributed by atoms with Crippen molar-refractivity contribution in [2.75, 3.05) is 23.7 Å². The lowest BCUT2D eigenvalue weighted by molar-refractivity contribution is 0.674. The van der Waals surface area contributed by atoms with E-state index >= 15 is 0 Å². The van der Waals surface area contributed by atoms with Crippen molar-refractivity contribution in [2.45, 2.75) is 31.6 Å². The predicted octanol–water partition coefficient (Wildman–Crippen LogP) is 2.43. The van der Waals surface area contributed by atoms with Gasteiger partial charge in [0.2, 0.25) is 0 Å². The van der Waals surface area contributed by atoms with Gasteiger partial charge in [0.25, 0.3) is 0 Å². The van der Waals surface area contributed by atoms with E-state index in [9.17, 15) is 0 Å². The number of nitrogens with two attached hydrogens (primary N) is 1. The smallest absolute Gasteiger partial charge is 0.0572 e. The van der Waals surface area contributed by atoms with Gasteiger partial charge in [-0.15, -0.1) is 0 Å². The fourth-order valence-corrected chi connectivity index (χ4v) is 3.08. The third-order valence-corrected chi connectivity index (χ3v) is 4.33. The van der Waals surface area contributed by atoms with Crippen LogP contribution in [0, 0.1) is 0 Å². The Labute approximate surface area is 108 Å². The molecule has 3 nitrogen and oxygen atoms in total. The van der Waals surface area contributed by atoms with Crippen LogP contribution in [0.3, 0.4) is 0 Å². The summed E-state index contributed by atoms with van der Waals surface area (Å²) in [4.78, 5) is 6.89. The average Bonchev–Trinajstić information content (AvgIpc) is 2.38. The van der Waals surface area contributed by atoms with Gasteiger partial charge in [-0.3, -0.25) is 4.98 Å². The van der Waals surface area contributed by atoms with Crippen molar-refractivity contribution in [3.8, 4) is 0 Å². The summed E-state index contributed by atoms with van der Waals surface area (Å²) in [6.07, 6.45) is 2.90. The van der Waals surface area contributed by atoms with Gasteiger partial charge in [-0.25, -0.2) is 0 Å². The van der Waals surface area contributed by atoms with E-state index in [4.69, 9.17) is 5.73 Å². The molecule has 2 atom stereocenters. The number of pyridine rings is 1. The molecular formula is C13H21N3S. The van der Waals surface area contributed by atoms with Crippen LogP contribution in [0.2, 0.25) is 0 Å². The molecule has 1 unspecified atom stereocenters. The second-order valence-electron chi connectivity index (χ2n) is 4.58. The highest BCUT2D eigenvalue weighted by Crippen LogP contribution is 2.24. The molecule has 2 N–H and O–H groups in total. The minimum Gasteiger partial charge on any atom is -0.368 e. The van der Waals surface area contributed by atoms with E-state index in [-0.39, 0.29) is 6.04 Å². The van der Waals surface area contributed by atoms with Crippen LogP contribution in [-0.4, -0.2) is 29.1 Å². The molecule has 0 aromatic carbocycles. The monoisotopic (exact) mass is 251 g/mol. The lowest BCUT2D eigenvalue weighted by Crippen LogP contribution is -2.36. The topological polar surface area (TPSA) is 42.1 Å². The maximum Gasteiger partial charge on any atom is 0.0572 e. The first-order valence-corrected chi connectivity index (χ1v) is 7.33. The summed E-state index contributed by atoms with van der Waals surface area (Å²) in [6.45, 7) is 6.61. The molecule has 1 aromatic heterocycles. The standard InChI is InChI=1S/C13H21N3S/c1-3-12(14)13-5-4-11(8-15-13)16-6-7-17-10(2)9-16/h4-5,8,10,12H,3,6-7,9,14H2,1-2H3/t10?,12-/m1/s1. The highest BCUT2D eigenvalue weighted by Gasteiger charge is 2.17. The number of rotatable bonds is 3. The van der Waals surface area contributed by atoms with Crippen LogP contribution in [0.1, 0.15) is 32.0 Å². The number of aromatic nitrogens is 1.